The van der Waals surface area contributed by atoms with E-state index in [4.69, 9.17) is 4.74 Å². The second-order valence-electron chi connectivity index (χ2n) is 8.12. The smallest absolute Gasteiger partial charge is 0.338 e. The van der Waals surface area contributed by atoms with E-state index < -0.39 is 28.5 Å². The molecule has 184 valence electrons. The zero-order valence-corrected chi connectivity index (χ0v) is 22.2. The molecule has 1 saturated heterocycles. The van der Waals surface area contributed by atoms with Crippen molar-refractivity contribution in [1.82, 2.24) is 9.29 Å². The third kappa shape index (κ3) is 6.16. The maximum Gasteiger partial charge on any atom is 0.338 e. The van der Waals surface area contributed by atoms with E-state index in [0.29, 0.717) is 29.5 Å². The molecule has 2 heterocycles. The maximum absolute atomic E-state index is 13.1. The molecule has 1 aliphatic heterocycles. The van der Waals surface area contributed by atoms with Crippen LogP contribution in [0.1, 0.15) is 35.2 Å². The number of sulfonamides is 1. The average molecular weight is 579 g/mol. The number of ether oxygens (including phenoxy) is 1. The monoisotopic (exact) mass is 577 g/mol. The van der Waals surface area contributed by atoms with Gasteiger partial charge in [0, 0.05) is 28.5 Å². The Bertz CT molecular complexity index is 1350. The number of piperidine rings is 1. The molecule has 35 heavy (non-hydrogen) atoms. The number of aryl methyl sites for hydroxylation is 1. The van der Waals surface area contributed by atoms with Crippen molar-refractivity contribution in [3.05, 3.63) is 63.4 Å². The van der Waals surface area contributed by atoms with E-state index in [1.807, 2.05) is 29.6 Å². The van der Waals surface area contributed by atoms with Crippen LogP contribution in [0, 0.1) is 6.92 Å². The number of hydrogen-bond donors (Lipinski definition) is 1. The quantitative estimate of drug-likeness (QED) is 0.402. The van der Waals surface area contributed by atoms with Crippen LogP contribution < -0.4 is 5.32 Å². The molecule has 0 aliphatic carbocycles. The SMILES string of the molecule is Cc1ccc(C(=O)OCC(=O)Nc2nc(-c3cccc(Br)c3)cs2)cc1S(=O)(=O)N1CCCCC1. The van der Waals surface area contributed by atoms with Gasteiger partial charge in [0.1, 0.15) is 0 Å². The van der Waals surface area contributed by atoms with Crippen molar-refractivity contribution in [2.45, 2.75) is 31.1 Å². The van der Waals surface area contributed by atoms with Gasteiger partial charge in [-0.3, -0.25) is 10.1 Å². The number of aromatic nitrogens is 1. The minimum atomic E-state index is -3.71. The fourth-order valence-electron chi connectivity index (χ4n) is 3.73. The van der Waals surface area contributed by atoms with Crippen molar-refractivity contribution in [2.24, 2.45) is 0 Å². The molecular formula is C24H24BrN3O5S2. The second kappa shape index (κ2) is 11.0. The van der Waals surface area contributed by atoms with Crippen LogP contribution >= 0.6 is 27.3 Å². The lowest BCUT2D eigenvalue weighted by Crippen LogP contribution is -2.36. The minimum absolute atomic E-state index is 0.0742. The number of carbonyl (C=O) groups is 2. The van der Waals surface area contributed by atoms with E-state index in [2.05, 4.69) is 26.2 Å². The van der Waals surface area contributed by atoms with Gasteiger partial charge in [-0.15, -0.1) is 11.3 Å². The van der Waals surface area contributed by atoms with Crippen molar-refractivity contribution in [2.75, 3.05) is 25.0 Å². The Balaban J connectivity index is 1.38. The van der Waals surface area contributed by atoms with Crippen LogP contribution in [0.3, 0.4) is 0 Å². The molecule has 11 heteroatoms. The van der Waals surface area contributed by atoms with Crippen LogP contribution in [0.2, 0.25) is 0 Å². The van der Waals surface area contributed by atoms with Gasteiger partial charge in [-0.1, -0.05) is 40.5 Å². The van der Waals surface area contributed by atoms with Crippen LogP contribution in [-0.4, -0.2) is 49.3 Å². The molecule has 1 amide bonds. The molecule has 4 rings (SSSR count). The molecule has 0 radical (unpaired) electrons. The van der Waals surface area contributed by atoms with Crippen LogP contribution in [0.25, 0.3) is 11.3 Å². The highest BCUT2D eigenvalue weighted by Gasteiger charge is 2.28. The first-order valence-corrected chi connectivity index (χ1v) is 14.1. The summed E-state index contributed by atoms with van der Waals surface area (Å²) < 4.78 is 33.7. The normalized spacial score (nSPS) is 14.5. The van der Waals surface area contributed by atoms with E-state index in [1.165, 1.54) is 27.8 Å². The molecule has 0 saturated carbocycles. The summed E-state index contributed by atoms with van der Waals surface area (Å²) in [4.78, 5) is 29.3. The number of benzene rings is 2. The number of carbonyl (C=O) groups excluding carboxylic acids is 2. The highest BCUT2D eigenvalue weighted by atomic mass is 79.9. The maximum atomic E-state index is 13.1. The second-order valence-corrected chi connectivity index (χ2v) is 11.8. The van der Waals surface area contributed by atoms with Gasteiger partial charge in [-0.2, -0.15) is 4.31 Å². The molecule has 1 aromatic heterocycles. The molecule has 1 fully saturated rings. The summed E-state index contributed by atoms with van der Waals surface area (Å²) >= 11 is 4.68. The van der Waals surface area contributed by atoms with Gasteiger partial charge in [-0.05, 0) is 49.6 Å². The number of nitrogens with one attached hydrogen (secondary N) is 1. The first-order chi connectivity index (χ1) is 16.7. The van der Waals surface area contributed by atoms with Crippen molar-refractivity contribution in [1.29, 1.82) is 0 Å². The summed E-state index contributed by atoms with van der Waals surface area (Å²) in [5.74, 6) is -1.31. The molecule has 0 bridgehead atoms. The van der Waals surface area contributed by atoms with Gasteiger partial charge in [-0.25, -0.2) is 18.2 Å². The number of rotatable bonds is 7. The molecule has 2 aromatic carbocycles. The molecule has 0 atom stereocenters. The zero-order chi connectivity index (χ0) is 25.0. The topological polar surface area (TPSA) is 106 Å². The molecule has 3 aromatic rings. The number of thiazole rings is 1. The van der Waals surface area contributed by atoms with Crippen molar-refractivity contribution in [3.8, 4) is 11.3 Å². The predicted molar refractivity (Wildman–Crippen MR) is 138 cm³/mol. The predicted octanol–water partition coefficient (Wildman–Crippen LogP) is 4.85. The molecular weight excluding hydrogens is 554 g/mol. The van der Waals surface area contributed by atoms with Gasteiger partial charge in [0.15, 0.2) is 11.7 Å². The van der Waals surface area contributed by atoms with Crippen molar-refractivity contribution >= 4 is 54.3 Å². The molecule has 1 aliphatic rings. The zero-order valence-electron chi connectivity index (χ0n) is 19.0. The van der Waals surface area contributed by atoms with Crippen LogP contribution in [-0.2, 0) is 19.6 Å². The van der Waals surface area contributed by atoms with Crippen molar-refractivity contribution < 1.29 is 22.7 Å². The summed E-state index contributed by atoms with van der Waals surface area (Å²) in [6.45, 7) is 2.11. The Kier molecular flexibility index (Phi) is 8.00. The van der Waals surface area contributed by atoms with E-state index >= 15 is 0 Å². The number of halogens is 1. The van der Waals surface area contributed by atoms with Gasteiger partial charge in [0.05, 0.1) is 16.2 Å². The van der Waals surface area contributed by atoms with E-state index in [1.54, 1.807) is 13.0 Å². The lowest BCUT2D eigenvalue weighted by molar-refractivity contribution is -0.119. The summed E-state index contributed by atoms with van der Waals surface area (Å²) in [6.07, 6.45) is 2.64. The Hall–Kier alpha value is -2.60. The molecule has 1 N–H and O–H groups in total. The third-order valence-corrected chi connectivity index (χ3v) is 8.85. The Morgan fingerprint density at radius 3 is 2.66 bits per heavy atom. The molecule has 0 unspecified atom stereocenters. The highest BCUT2D eigenvalue weighted by molar-refractivity contribution is 9.10. The minimum Gasteiger partial charge on any atom is -0.452 e. The number of nitrogens with zero attached hydrogens (tertiary/aromatic N) is 2. The highest BCUT2D eigenvalue weighted by Crippen LogP contribution is 2.27. The Labute approximate surface area is 216 Å². The average Bonchev–Trinajstić information content (AvgIpc) is 3.31. The fraction of sp³-hybridized carbons (Fsp3) is 0.292. The molecule has 0 spiro atoms. The Morgan fingerprint density at radius 1 is 1.14 bits per heavy atom. The van der Waals surface area contributed by atoms with E-state index in [0.717, 1.165) is 29.3 Å². The third-order valence-electron chi connectivity index (χ3n) is 5.56. The standard InChI is InChI=1S/C24H24BrN3O5S2/c1-16-8-9-18(13-21(16)35(31,32)28-10-3-2-4-11-28)23(30)33-14-22(29)27-24-26-20(15-34-24)17-6-5-7-19(25)12-17/h5-9,12-13,15H,2-4,10-11,14H2,1H3,(H,26,27,29). The molecule has 8 nitrogen and oxygen atoms in total. The first-order valence-electron chi connectivity index (χ1n) is 11.0. The Morgan fingerprint density at radius 2 is 1.91 bits per heavy atom. The van der Waals surface area contributed by atoms with Gasteiger partial charge < -0.3 is 4.74 Å². The van der Waals surface area contributed by atoms with E-state index in [-0.39, 0.29) is 10.5 Å². The first kappa shape index (κ1) is 25.5. The van der Waals surface area contributed by atoms with Crippen LogP contribution in [0.4, 0.5) is 5.13 Å². The fourth-order valence-corrected chi connectivity index (χ4v) is 6.63. The lowest BCUT2D eigenvalue weighted by Gasteiger charge is -2.26. The van der Waals surface area contributed by atoms with Crippen LogP contribution in [0.15, 0.2) is 57.2 Å². The van der Waals surface area contributed by atoms with Gasteiger partial charge >= 0.3 is 5.97 Å². The van der Waals surface area contributed by atoms with Gasteiger partial charge in [0.2, 0.25) is 10.0 Å². The number of hydrogen-bond acceptors (Lipinski definition) is 7. The number of anilines is 1. The van der Waals surface area contributed by atoms with Crippen molar-refractivity contribution in [3.63, 3.8) is 0 Å². The number of amides is 1. The summed E-state index contributed by atoms with van der Waals surface area (Å²) in [5.41, 5.74) is 2.24. The lowest BCUT2D eigenvalue weighted by atomic mass is 10.1. The van der Waals surface area contributed by atoms with Crippen LogP contribution in [0.5, 0.6) is 0 Å². The largest absolute Gasteiger partial charge is 0.452 e. The summed E-state index contributed by atoms with van der Waals surface area (Å²) in [6, 6.07) is 12.0. The number of esters is 1. The summed E-state index contributed by atoms with van der Waals surface area (Å²) in [7, 11) is -3.71. The van der Waals surface area contributed by atoms with E-state index in [9.17, 15) is 18.0 Å². The van der Waals surface area contributed by atoms with Gasteiger partial charge in [0.25, 0.3) is 5.91 Å². The summed E-state index contributed by atoms with van der Waals surface area (Å²) in [5, 5.41) is 4.82.